The van der Waals surface area contributed by atoms with E-state index in [0.717, 1.165) is 12.8 Å². The lowest BCUT2D eigenvalue weighted by molar-refractivity contribution is -0.125. The summed E-state index contributed by atoms with van der Waals surface area (Å²) in [5.41, 5.74) is 6.30. The predicted molar refractivity (Wildman–Crippen MR) is 105 cm³/mol. The molecule has 1 saturated carbocycles. The standard InChI is InChI=1S/C18H29N3O.2ClH/c1-14(15-9-5-4-6-10-15)21-18(11-7-8-12-18)13-20-16(22)17(2,3)19;;/h4-6,9-10,14,21H,7-8,11-13,19H2,1-3H3,(H,20,22);2*1H. The summed E-state index contributed by atoms with van der Waals surface area (Å²) in [5, 5.41) is 6.80. The van der Waals surface area contributed by atoms with E-state index in [9.17, 15) is 4.79 Å². The van der Waals surface area contributed by atoms with Crippen LogP contribution in [0.25, 0.3) is 0 Å². The molecule has 1 aliphatic rings. The number of nitrogens with two attached hydrogens (primary N) is 1. The number of hydrogen-bond donors (Lipinski definition) is 3. The summed E-state index contributed by atoms with van der Waals surface area (Å²) in [4.78, 5) is 12.1. The van der Waals surface area contributed by atoms with Crippen molar-refractivity contribution in [2.75, 3.05) is 6.54 Å². The van der Waals surface area contributed by atoms with Gasteiger partial charge in [-0.05, 0) is 39.2 Å². The highest BCUT2D eigenvalue weighted by molar-refractivity contribution is 5.86. The zero-order valence-corrected chi connectivity index (χ0v) is 16.4. The first-order valence-electron chi connectivity index (χ1n) is 8.22. The molecule has 0 spiro atoms. The van der Waals surface area contributed by atoms with Crippen LogP contribution >= 0.6 is 24.8 Å². The molecular weight excluding hydrogens is 345 g/mol. The molecule has 1 fully saturated rings. The highest BCUT2D eigenvalue weighted by atomic mass is 35.5. The maximum absolute atomic E-state index is 12.1. The molecule has 6 heteroatoms. The van der Waals surface area contributed by atoms with Crippen molar-refractivity contribution in [1.82, 2.24) is 10.6 Å². The largest absolute Gasteiger partial charge is 0.353 e. The summed E-state index contributed by atoms with van der Waals surface area (Å²) in [7, 11) is 0. The van der Waals surface area contributed by atoms with Crippen LogP contribution in [0.3, 0.4) is 0 Å². The van der Waals surface area contributed by atoms with Gasteiger partial charge in [0.25, 0.3) is 0 Å². The second kappa shape index (κ2) is 9.62. The van der Waals surface area contributed by atoms with Crippen LogP contribution in [0.1, 0.15) is 58.1 Å². The number of hydrogen-bond acceptors (Lipinski definition) is 3. The summed E-state index contributed by atoms with van der Waals surface area (Å²) in [6.45, 7) is 6.31. The zero-order chi connectivity index (χ0) is 16.2. The third-order valence-corrected chi connectivity index (χ3v) is 4.56. The first kappa shape index (κ1) is 23.2. The predicted octanol–water partition coefficient (Wildman–Crippen LogP) is 3.35. The highest BCUT2D eigenvalue weighted by Crippen LogP contribution is 2.31. The summed E-state index contributed by atoms with van der Waals surface area (Å²) in [5.74, 6) is -0.0899. The van der Waals surface area contributed by atoms with E-state index in [1.165, 1.54) is 18.4 Å². The van der Waals surface area contributed by atoms with Gasteiger partial charge in [-0.3, -0.25) is 4.79 Å². The molecule has 1 aliphatic carbocycles. The van der Waals surface area contributed by atoms with E-state index in [1.54, 1.807) is 13.8 Å². The van der Waals surface area contributed by atoms with Crippen LogP contribution < -0.4 is 16.4 Å². The number of benzene rings is 1. The van der Waals surface area contributed by atoms with Crippen LogP contribution in [0.4, 0.5) is 0 Å². The molecule has 0 heterocycles. The van der Waals surface area contributed by atoms with Gasteiger partial charge in [-0.2, -0.15) is 0 Å². The second-order valence-corrected chi connectivity index (χ2v) is 7.17. The molecule has 0 aliphatic heterocycles. The Morgan fingerprint density at radius 3 is 2.25 bits per heavy atom. The molecule has 1 aromatic rings. The average molecular weight is 376 g/mol. The van der Waals surface area contributed by atoms with E-state index < -0.39 is 5.54 Å². The quantitative estimate of drug-likeness (QED) is 0.713. The van der Waals surface area contributed by atoms with Gasteiger partial charge in [-0.25, -0.2) is 0 Å². The molecule has 138 valence electrons. The van der Waals surface area contributed by atoms with Gasteiger partial charge in [0.2, 0.25) is 5.91 Å². The Labute approximate surface area is 158 Å². The molecule has 4 N–H and O–H groups in total. The lowest BCUT2D eigenvalue weighted by Crippen LogP contribution is -2.57. The van der Waals surface area contributed by atoms with Gasteiger partial charge in [-0.15, -0.1) is 24.8 Å². The third kappa shape index (κ3) is 6.25. The van der Waals surface area contributed by atoms with Gasteiger partial charge in [0.1, 0.15) is 0 Å². The summed E-state index contributed by atoms with van der Waals surface area (Å²) in [6.07, 6.45) is 4.59. The number of rotatable bonds is 6. The number of nitrogens with one attached hydrogen (secondary N) is 2. The highest BCUT2D eigenvalue weighted by Gasteiger charge is 2.36. The van der Waals surface area contributed by atoms with E-state index >= 15 is 0 Å². The van der Waals surface area contributed by atoms with Crippen LogP contribution in [0.2, 0.25) is 0 Å². The molecule has 24 heavy (non-hydrogen) atoms. The van der Waals surface area contributed by atoms with E-state index in [-0.39, 0.29) is 42.3 Å². The molecule has 1 unspecified atom stereocenters. The molecule has 0 bridgehead atoms. The number of halogens is 2. The van der Waals surface area contributed by atoms with E-state index in [0.29, 0.717) is 6.54 Å². The lowest BCUT2D eigenvalue weighted by Gasteiger charge is -2.35. The van der Waals surface area contributed by atoms with Gasteiger partial charge < -0.3 is 16.4 Å². The van der Waals surface area contributed by atoms with Crippen LogP contribution in [0.5, 0.6) is 0 Å². The van der Waals surface area contributed by atoms with Gasteiger partial charge in [0.15, 0.2) is 0 Å². The molecule has 2 rings (SSSR count). The Kier molecular flexibility index (Phi) is 9.29. The first-order valence-corrected chi connectivity index (χ1v) is 8.22. The molecule has 1 amide bonds. The zero-order valence-electron chi connectivity index (χ0n) is 14.8. The molecule has 0 aromatic heterocycles. The topological polar surface area (TPSA) is 67.1 Å². The minimum Gasteiger partial charge on any atom is -0.353 e. The minimum atomic E-state index is -0.829. The summed E-state index contributed by atoms with van der Waals surface area (Å²) in [6, 6.07) is 10.7. The lowest BCUT2D eigenvalue weighted by atomic mass is 9.94. The Hall–Kier alpha value is -0.810. The Balaban J connectivity index is 0.00000264. The Morgan fingerprint density at radius 2 is 1.75 bits per heavy atom. The van der Waals surface area contributed by atoms with Crippen molar-refractivity contribution in [2.45, 2.75) is 63.6 Å². The molecule has 4 nitrogen and oxygen atoms in total. The Morgan fingerprint density at radius 1 is 1.21 bits per heavy atom. The molecule has 0 radical (unpaired) electrons. The van der Waals surface area contributed by atoms with Crippen molar-refractivity contribution in [3.63, 3.8) is 0 Å². The fraction of sp³-hybridized carbons (Fsp3) is 0.611. The summed E-state index contributed by atoms with van der Waals surface area (Å²) >= 11 is 0. The normalized spacial score (nSPS) is 17.3. The smallest absolute Gasteiger partial charge is 0.239 e. The van der Waals surface area contributed by atoms with Gasteiger partial charge in [-0.1, -0.05) is 43.2 Å². The molecular formula is C18H31Cl2N3O. The van der Waals surface area contributed by atoms with Gasteiger partial charge in [0, 0.05) is 18.1 Å². The second-order valence-electron chi connectivity index (χ2n) is 7.17. The number of carbonyl (C=O) groups is 1. The van der Waals surface area contributed by atoms with Gasteiger partial charge in [0.05, 0.1) is 5.54 Å². The van der Waals surface area contributed by atoms with Crippen LogP contribution in [0, 0.1) is 0 Å². The fourth-order valence-electron chi connectivity index (χ4n) is 3.19. The molecule has 1 atom stereocenters. The van der Waals surface area contributed by atoms with Crippen molar-refractivity contribution in [2.24, 2.45) is 5.73 Å². The number of carbonyl (C=O) groups excluding carboxylic acids is 1. The van der Waals surface area contributed by atoms with E-state index in [2.05, 4.69) is 41.8 Å². The van der Waals surface area contributed by atoms with Crippen LogP contribution in [-0.4, -0.2) is 23.5 Å². The number of amides is 1. The van der Waals surface area contributed by atoms with Crippen molar-refractivity contribution in [1.29, 1.82) is 0 Å². The van der Waals surface area contributed by atoms with Crippen molar-refractivity contribution < 1.29 is 4.79 Å². The van der Waals surface area contributed by atoms with Crippen molar-refractivity contribution in [3.8, 4) is 0 Å². The van der Waals surface area contributed by atoms with E-state index in [1.807, 2.05) is 6.07 Å². The SMILES string of the molecule is CC(NC1(CNC(=O)C(C)(C)N)CCCC1)c1ccccc1.Cl.Cl. The Bertz CT molecular complexity index is 497. The van der Waals surface area contributed by atoms with Gasteiger partial charge >= 0.3 is 0 Å². The maximum Gasteiger partial charge on any atom is 0.239 e. The monoisotopic (exact) mass is 375 g/mol. The third-order valence-electron chi connectivity index (χ3n) is 4.56. The summed E-state index contributed by atoms with van der Waals surface area (Å²) < 4.78 is 0. The van der Waals surface area contributed by atoms with Crippen molar-refractivity contribution >= 4 is 30.7 Å². The average Bonchev–Trinajstić information content (AvgIpc) is 2.93. The fourth-order valence-corrected chi connectivity index (χ4v) is 3.19. The maximum atomic E-state index is 12.1. The molecule has 0 saturated heterocycles. The van der Waals surface area contributed by atoms with Crippen molar-refractivity contribution in [3.05, 3.63) is 35.9 Å². The molecule has 1 aromatic carbocycles. The first-order chi connectivity index (χ1) is 10.3. The van der Waals surface area contributed by atoms with E-state index in [4.69, 9.17) is 5.73 Å². The minimum absolute atomic E-state index is 0. The van der Waals surface area contributed by atoms with Crippen LogP contribution in [-0.2, 0) is 4.79 Å². The van der Waals surface area contributed by atoms with Crippen LogP contribution in [0.15, 0.2) is 30.3 Å².